The summed E-state index contributed by atoms with van der Waals surface area (Å²) in [6, 6.07) is 3.13. The van der Waals surface area contributed by atoms with Crippen molar-refractivity contribution >= 4 is 11.9 Å². The number of aromatic hydroxyl groups is 1. The minimum atomic E-state index is -0.944. The van der Waals surface area contributed by atoms with Gasteiger partial charge in [-0.2, -0.15) is 0 Å². The number of amides is 1. The summed E-state index contributed by atoms with van der Waals surface area (Å²) in [5, 5.41) is 18.5. The molecule has 1 aliphatic heterocycles. The number of phenols is 1. The van der Waals surface area contributed by atoms with E-state index in [1.807, 2.05) is 0 Å². The van der Waals surface area contributed by atoms with E-state index in [0.29, 0.717) is 19.4 Å². The highest BCUT2D eigenvalue weighted by molar-refractivity contribution is 5.97. The number of aliphatic carboxylic acids is 1. The Morgan fingerprint density at radius 3 is 2.79 bits per heavy atom. The molecular weight excluding hydrogens is 253 g/mol. The van der Waals surface area contributed by atoms with Crippen LogP contribution in [0.15, 0.2) is 18.2 Å². The smallest absolute Gasteiger partial charge is 0.308 e. The highest BCUT2D eigenvalue weighted by Crippen LogP contribution is 2.23. The van der Waals surface area contributed by atoms with Gasteiger partial charge in [-0.05, 0) is 31.0 Å². The van der Waals surface area contributed by atoms with Gasteiger partial charge in [0, 0.05) is 13.1 Å². The molecule has 2 N–H and O–H groups in total. The third kappa shape index (κ3) is 2.83. The predicted molar refractivity (Wildman–Crippen MR) is 64.3 cm³/mol. The van der Waals surface area contributed by atoms with Gasteiger partial charge in [-0.25, -0.2) is 4.39 Å². The van der Waals surface area contributed by atoms with Crippen molar-refractivity contribution in [3.8, 4) is 5.75 Å². The highest BCUT2D eigenvalue weighted by Gasteiger charge is 2.29. The van der Waals surface area contributed by atoms with Crippen LogP contribution in [-0.2, 0) is 4.79 Å². The fourth-order valence-electron chi connectivity index (χ4n) is 2.21. The van der Waals surface area contributed by atoms with E-state index in [1.165, 1.54) is 4.90 Å². The Morgan fingerprint density at radius 2 is 2.11 bits per heavy atom. The summed E-state index contributed by atoms with van der Waals surface area (Å²) in [6.45, 7) is 0.503. The second kappa shape index (κ2) is 5.26. The average Bonchev–Trinajstić information content (AvgIpc) is 2.41. The molecule has 0 radical (unpaired) electrons. The van der Waals surface area contributed by atoms with Crippen LogP contribution in [-0.4, -0.2) is 40.1 Å². The Bertz CT molecular complexity index is 517. The first-order valence-corrected chi connectivity index (χ1v) is 5.99. The van der Waals surface area contributed by atoms with Gasteiger partial charge in [-0.1, -0.05) is 0 Å². The van der Waals surface area contributed by atoms with Crippen molar-refractivity contribution in [1.82, 2.24) is 4.90 Å². The molecule has 1 saturated heterocycles. The van der Waals surface area contributed by atoms with Crippen LogP contribution in [0.2, 0.25) is 0 Å². The molecule has 1 heterocycles. The normalized spacial score (nSPS) is 19.2. The molecule has 6 heteroatoms. The number of piperidine rings is 1. The summed E-state index contributed by atoms with van der Waals surface area (Å²) in [7, 11) is 0. The molecule has 1 aromatic rings. The third-order valence-electron chi connectivity index (χ3n) is 3.25. The molecule has 102 valence electrons. The number of carboxylic acid groups (broad SMARTS) is 1. The monoisotopic (exact) mass is 267 g/mol. The zero-order chi connectivity index (χ0) is 14.0. The van der Waals surface area contributed by atoms with E-state index >= 15 is 0 Å². The largest absolute Gasteiger partial charge is 0.507 e. The second-order valence-electron chi connectivity index (χ2n) is 4.59. The van der Waals surface area contributed by atoms with Crippen molar-refractivity contribution in [3.05, 3.63) is 29.6 Å². The highest BCUT2D eigenvalue weighted by atomic mass is 19.1. The average molecular weight is 267 g/mol. The van der Waals surface area contributed by atoms with E-state index in [-0.39, 0.29) is 17.9 Å². The summed E-state index contributed by atoms with van der Waals surface area (Å²) < 4.78 is 13.1. The third-order valence-corrected chi connectivity index (χ3v) is 3.25. The molecule has 5 nitrogen and oxygen atoms in total. The Labute approximate surface area is 109 Å². The molecule has 1 fully saturated rings. The van der Waals surface area contributed by atoms with E-state index in [1.54, 1.807) is 0 Å². The zero-order valence-corrected chi connectivity index (χ0v) is 10.2. The topological polar surface area (TPSA) is 77.8 Å². The lowest BCUT2D eigenvalue weighted by molar-refractivity contribution is -0.143. The molecule has 1 aromatic carbocycles. The van der Waals surface area contributed by atoms with Crippen LogP contribution >= 0.6 is 0 Å². The summed E-state index contributed by atoms with van der Waals surface area (Å²) in [5.41, 5.74) is -0.133. The van der Waals surface area contributed by atoms with Gasteiger partial charge in [0.15, 0.2) is 0 Å². The Balaban J connectivity index is 2.19. The van der Waals surface area contributed by atoms with Crippen molar-refractivity contribution in [2.45, 2.75) is 12.8 Å². The van der Waals surface area contributed by atoms with E-state index in [4.69, 9.17) is 5.11 Å². The van der Waals surface area contributed by atoms with Gasteiger partial charge in [0.25, 0.3) is 5.91 Å². The number of nitrogens with zero attached hydrogens (tertiary/aromatic N) is 1. The SMILES string of the molecule is O=C(O)C1CCCN(C(=O)c2cc(F)ccc2O)C1. The molecule has 0 saturated carbocycles. The first-order valence-electron chi connectivity index (χ1n) is 5.99. The molecule has 0 spiro atoms. The number of hydrogen-bond acceptors (Lipinski definition) is 3. The number of carboxylic acids is 1. The van der Waals surface area contributed by atoms with Crippen LogP contribution in [0.3, 0.4) is 0 Å². The van der Waals surface area contributed by atoms with Gasteiger partial charge < -0.3 is 15.1 Å². The van der Waals surface area contributed by atoms with Gasteiger partial charge in [0.1, 0.15) is 11.6 Å². The summed E-state index contributed by atoms with van der Waals surface area (Å²) >= 11 is 0. The maximum atomic E-state index is 13.1. The molecule has 1 unspecified atom stereocenters. The molecular formula is C13H14FNO4. The number of hydrogen-bond donors (Lipinski definition) is 2. The van der Waals surface area contributed by atoms with Gasteiger partial charge >= 0.3 is 5.97 Å². The molecule has 1 amide bonds. The molecule has 19 heavy (non-hydrogen) atoms. The van der Waals surface area contributed by atoms with Gasteiger partial charge in [-0.15, -0.1) is 0 Å². The number of rotatable bonds is 2. The molecule has 1 atom stereocenters. The Morgan fingerprint density at radius 1 is 1.37 bits per heavy atom. The van der Waals surface area contributed by atoms with Crippen molar-refractivity contribution in [2.75, 3.05) is 13.1 Å². The van der Waals surface area contributed by atoms with E-state index in [2.05, 4.69) is 0 Å². The van der Waals surface area contributed by atoms with Crippen LogP contribution < -0.4 is 0 Å². The molecule has 0 bridgehead atoms. The number of carbonyl (C=O) groups is 2. The number of phenolic OH excluding ortho intramolecular Hbond substituents is 1. The lowest BCUT2D eigenvalue weighted by Gasteiger charge is -2.30. The standard InChI is InChI=1S/C13H14FNO4/c14-9-3-4-11(16)10(6-9)12(17)15-5-1-2-8(7-15)13(18)19/h3-4,6,8,16H,1-2,5,7H2,(H,18,19). The molecule has 2 rings (SSSR count). The van der Waals surface area contributed by atoms with Crippen molar-refractivity contribution in [3.63, 3.8) is 0 Å². The van der Waals surface area contributed by atoms with E-state index < -0.39 is 23.6 Å². The van der Waals surface area contributed by atoms with E-state index in [9.17, 15) is 19.1 Å². The van der Waals surface area contributed by atoms with E-state index in [0.717, 1.165) is 18.2 Å². The van der Waals surface area contributed by atoms with Crippen LogP contribution in [0.4, 0.5) is 4.39 Å². The van der Waals surface area contributed by atoms with Gasteiger partial charge in [0.05, 0.1) is 11.5 Å². The first-order chi connectivity index (χ1) is 8.99. The van der Waals surface area contributed by atoms with Crippen molar-refractivity contribution in [1.29, 1.82) is 0 Å². The minimum Gasteiger partial charge on any atom is -0.507 e. The van der Waals surface area contributed by atoms with Crippen LogP contribution in [0.1, 0.15) is 23.2 Å². The van der Waals surface area contributed by atoms with Crippen LogP contribution in [0.5, 0.6) is 5.75 Å². The van der Waals surface area contributed by atoms with Crippen molar-refractivity contribution in [2.24, 2.45) is 5.92 Å². The fourth-order valence-corrected chi connectivity index (χ4v) is 2.21. The van der Waals surface area contributed by atoms with Gasteiger partial charge in [-0.3, -0.25) is 9.59 Å². The van der Waals surface area contributed by atoms with Crippen LogP contribution in [0.25, 0.3) is 0 Å². The molecule has 1 aliphatic rings. The second-order valence-corrected chi connectivity index (χ2v) is 4.59. The first kappa shape index (κ1) is 13.3. The Hall–Kier alpha value is -2.11. The zero-order valence-electron chi connectivity index (χ0n) is 10.2. The van der Waals surface area contributed by atoms with Crippen molar-refractivity contribution < 1.29 is 24.2 Å². The number of benzene rings is 1. The maximum absolute atomic E-state index is 13.1. The summed E-state index contributed by atoms with van der Waals surface area (Å²) in [6.07, 6.45) is 1.10. The summed E-state index contributed by atoms with van der Waals surface area (Å²) in [4.78, 5) is 24.4. The number of likely N-dealkylation sites (tertiary alicyclic amines) is 1. The quantitative estimate of drug-likeness (QED) is 0.850. The maximum Gasteiger partial charge on any atom is 0.308 e. The van der Waals surface area contributed by atoms with Gasteiger partial charge in [0.2, 0.25) is 0 Å². The minimum absolute atomic E-state index is 0.0874. The number of carbonyl (C=O) groups excluding carboxylic acids is 1. The lowest BCUT2D eigenvalue weighted by Crippen LogP contribution is -2.42. The Kier molecular flexibility index (Phi) is 3.69. The fraction of sp³-hybridized carbons (Fsp3) is 0.385. The summed E-state index contributed by atoms with van der Waals surface area (Å²) in [5.74, 6) is -3.01. The molecule has 0 aliphatic carbocycles. The molecule has 0 aromatic heterocycles. The van der Waals surface area contributed by atoms with Crippen LogP contribution in [0, 0.1) is 11.7 Å². The predicted octanol–water partition coefficient (Wildman–Crippen LogP) is 1.47. The lowest BCUT2D eigenvalue weighted by atomic mass is 9.97. The number of halogens is 1.